The number of piperidine rings is 1. The Balaban J connectivity index is 1.67. The van der Waals surface area contributed by atoms with E-state index in [4.69, 9.17) is 5.73 Å². The number of fused-ring (bicyclic) bond motifs is 1. The Morgan fingerprint density at radius 3 is 2.80 bits per heavy atom. The molecule has 0 aliphatic carbocycles. The first kappa shape index (κ1) is 13.2. The second kappa shape index (κ2) is 6.09. The van der Waals surface area contributed by atoms with E-state index in [0.717, 1.165) is 35.2 Å². The van der Waals surface area contributed by atoms with Crippen molar-refractivity contribution in [3.05, 3.63) is 30.6 Å². The standard InChI is InChI=1S/C16H22N4/c17-15-4-5-16(14-12-18-7-6-13(14)15)19-8-11-20-9-2-1-3-10-20/h4-7,12,19H,1-3,8-11,17H2. The molecule has 1 aliphatic heterocycles. The molecule has 2 aromatic rings. The molecule has 1 saturated heterocycles. The van der Waals surface area contributed by atoms with Gasteiger partial charge in [0.2, 0.25) is 0 Å². The van der Waals surface area contributed by atoms with Crippen LogP contribution in [0.15, 0.2) is 30.6 Å². The molecule has 1 aliphatic rings. The van der Waals surface area contributed by atoms with Gasteiger partial charge < -0.3 is 16.0 Å². The molecule has 4 heteroatoms. The number of nitrogens with two attached hydrogens (primary N) is 1. The molecule has 3 rings (SSSR count). The molecule has 0 saturated carbocycles. The predicted octanol–water partition coefficient (Wildman–Crippen LogP) is 2.71. The summed E-state index contributed by atoms with van der Waals surface area (Å²) in [4.78, 5) is 6.74. The zero-order valence-corrected chi connectivity index (χ0v) is 11.8. The topological polar surface area (TPSA) is 54.2 Å². The highest BCUT2D eigenvalue weighted by Crippen LogP contribution is 2.27. The lowest BCUT2D eigenvalue weighted by atomic mass is 10.1. The van der Waals surface area contributed by atoms with Gasteiger partial charge in [0.05, 0.1) is 0 Å². The molecule has 0 atom stereocenters. The lowest BCUT2D eigenvalue weighted by molar-refractivity contribution is 0.237. The van der Waals surface area contributed by atoms with Gasteiger partial charge in [-0.3, -0.25) is 4.98 Å². The summed E-state index contributed by atoms with van der Waals surface area (Å²) in [6, 6.07) is 5.99. The SMILES string of the molecule is Nc1ccc(NCCN2CCCCC2)c2cnccc12. The molecule has 1 aromatic carbocycles. The quantitative estimate of drug-likeness (QED) is 0.839. The largest absolute Gasteiger partial charge is 0.398 e. The van der Waals surface area contributed by atoms with E-state index >= 15 is 0 Å². The average molecular weight is 270 g/mol. The van der Waals surface area contributed by atoms with Crippen LogP contribution in [0.2, 0.25) is 0 Å². The Morgan fingerprint density at radius 1 is 1.10 bits per heavy atom. The zero-order valence-electron chi connectivity index (χ0n) is 11.8. The van der Waals surface area contributed by atoms with E-state index < -0.39 is 0 Å². The predicted molar refractivity (Wildman–Crippen MR) is 84.9 cm³/mol. The molecular formula is C16H22N4. The van der Waals surface area contributed by atoms with Crippen molar-refractivity contribution in [2.24, 2.45) is 0 Å². The summed E-state index contributed by atoms with van der Waals surface area (Å²) in [6.07, 6.45) is 7.74. The van der Waals surface area contributed by atoms with Gasteiger partial charge in [-0.15, -0.1) is 0 Å². The fourth-order valence-corrected chi connectivity index (χ4v) is 2.90. The number of anilines is 2. The third kappa shape index (κ3) is 2.85. The summed E-state index contributed by atoms with van der Waals surface area (Å²) in [7, 11) is 0. The normalized spacial score (nSPS) is 16.4. The summed E-state index contributed by atoms with van der Waals surface area (Å²) in [6.45, 7) is 4.55. The third-order valence-electron chi connectivity index (χ3n) is 4.04. The van der Waals surface area contributed by atoms with Crippen LogP contribution in [0.5, 0.6) is 0 Å². The molecular weight excluding hydrogens is 248 g/mol. The number of rotatable bonds is 4. The van der Waals surface area contributed by atoms with Crippen LogP contribution in [-0.2, 0) is 0 Å². The van der Waals surface area contributed by atoms with Gasteiger partial charge in [0, 0.05) is 47.6 Å². The molecule has 0 unspecified atom stereocenters. The molecule has 4 nitrogen and oxygen atoms in total. The molecule has 1 aromatic heterocycles. The molecule has 0 radical (unpaired) electrons. The van der Waals surface area contributed by atoms with Crippen LogP contribution in [-0.4, -0.2) is 36.1 Å². The van der Waals surface area contributed by atoms with Gasteiger partial charge in [0.25, 0.3) is 0 Å². The summed E-state index contributed by atoms with van der Waals surface area (Å²) < 4.78 is 0. The Hall–Kier alpha value is -1.81. The van der Waals surface area contributed by atoms with Crippen molar-refractivity contribution >= 4 is 22.1 Å². The van der Waals surface area contributed by atoms with E-state index in [1.54, 1.807) is 6.20 Å². The zero-order chi connectivity index (χ0) is 13.8. The van der Waals surface area contributed by atoms with E-state index in [1.165, 1.54) is 32.4 Å². The fraction of sp³-hybridized carbons (Fsp3) is 0.438. The van der Waals surface area contributed by atoms with Gasteiger partial charge in [-0.1, -0.05) is 6.42 Å². The molecule has 2 heterocycles. The number of nitrogens with one attached hydrogen (secondary N) is 1. The minimum atomic E-state index is 0.809. The van der Waals surface area contributed by atoms with Crippen LogP contribution in [0.3, 0.4) is 0 Å². The highest BCUT2D eigenvalue weighted by Gasteiger charge is 2.09. The van der Waals surface area contributed by atoms with Crippen molar-refractivity contribution in [3.8, 4) is 0 Å². The molecule has 106 valence electrons. The number of likely N-dealkylation sites (tertiary alicyclic amines) is 1. The molecule has 1 fully saturated rings. The van der Waals surface area contributed by atoms with E-state index in [9.17, 15) is 0 Å². The molecule has 0 bridgehead atoms. The van der Waals surface area contributed by atoms with Crippen molar-refractivity contribution in [3.63, 3.8) is 0 Å². The second-order valence-electron chi connectivity index (χ2n) is 5.45. The summed E-state index contributed by atoms with van der Waals surface area (Å²) in [5.41, 5.74) is 7.94. The Labute approximate surface area is 120 Å². The smallest absolute Gasteiger partial charge is 0.0437 e. The molecule has 0 amide bonds. The van der Waals surface area contributed by atoms with Gasteiger partial charge in [-0.05, 0) is 44.1 Å². The van der Waals surface area contributed by atoms with E-state index in [-0.39, 0.29) is 0 Å². The first-order valence-corrected chi connectivity index (χ1v) is 7.43. The molecule has 3 N–H and O–H groups in total. The Kier molecular flexibility index (Phi) is 4.02. The number of pyridine rings is 1. The fourth-order valence-electron chi connectivity index (χ4n) is 2.90. The number of hydrogen-bond donors (Lipinski definition) is 2. The maximum atomic E-state index is 6.01. The monoisotopic (exact) mass is 270 g/mol. The van der Waals surface area contributed by atoms with Gasteiger partial charge >= 0.3 is 0 Å². The van der Waals surface area contributed by atoms with Crippen LogP contribution in [0.4, 0.5) is 11.4 Å². The minimum Gasteiger partial charge on any atom is -0.398 e. The van der Waals surface area contributed by atoms with E-state index in [0.29, 0.717) is 0 Å². The first-order chi connectivity index (χ1) is 9.84. The van der Waals surface area contributed by atoms with Gasteiger partial charge in [-0.2, -0.15) is 0 Å². The van der Waals surface area contributed by atoms with Crippen molar-refractivity contribution < 1.29 is 0 Å². The third-order valence-corrected chi connectivity index (χ3v) is 4.04. The van der Waals surface area contributed by atoms with Crippen LogP contribution >= 0.6 is 0 Å². The number of benzene rings is 1. The highest BCUT2D eigenvalue weighted by atomic mass is 15.1. The maximum absolute atomic E-state index is 6.01. The summed E-state index contributed by atoms with van der Waals surface area (Å²) in [5, 5.41) is 5.70. The average Bonchev–Trinajstić information content (AvgIpc) is 2.51. The number of nitrogens with zero attached hydrogens (tertiary/aromatic N) is 2. The van der Waals surface area contributed by atoms with Crippen molar-refractivity contribution in [2.45, 2.75) is 19.3 Å². The van der Waals surface area contributed by atoms with Gasteiger partial charge in [0.1, 0.15) is 0 Å². The van der Waals surface area contributed by atoms with Crippen molar-refractivity contribution in [2.75, 3.05) is 37.2 Å². The second-order valence-corrected chi connectivity index (χ2v) is 5.45. The highest BCUT2D eigenvalue weighted by molar-refractivity contribution is 6.00. The van der Waals surface area contributed by atoms with Gasteiger partial charge in [-0.25, -0.2) is 0 Å². The van der Waals surface area contributed by atoms with Crippen molar-refractivity contribution in [1.82, 2.24) is 9.88 Å². The number of aromatic nitrogens is 1. The maximum Gasteiger partial charge on any atom is 0.0437 e. The lowest BCUT2D eigenvalue weighted by Gasteiger charge is -2.26. The summed E-state index contributed by atoms with van der Waals surface area (Å²) >= 11 is 0. The van der Waals surface area contributed by atoms with Crippen LogP contribution in [0.1, 0.15) is 19.3 Å². The Bertz CT molecular complexity index is 576. The van der Waals surface area contributed by atoms with Gasteiger partial charge in [0.15, 0.2) is 0 Å². The van der Waals surface area contributed by atoms with Crippen molar-refractivity contribution in [1.29, 1.82) is 0 Å². The van der Waals surface area contributed by atoms with Crippen LogP contribution < -0.4 is 11.1 Å². The van der Waals surface area contributed by atoms with Crippen LogP contribution in [0.25, 0.3) is 10.8 Å². The number of nitrogen functional groups attached to an aromatic ring is 1. The van der Waals surface area contributed by atoms with Crippen LogP contribution in [0, 0.1) is 0 Å². The first-order valence-electron chi connectivity index (χ1n) is 7.43. The Morgan fingerprint density at radius 2 is 1.95 bits per heavy atom. The minimum absolute atomic E-state index is 0.809. The molecule has 0 spiro atoms. The number of hydrogen-bond acceptors (Lipinski definition) is 4. The molecule has 20 heavy (non-hydrogen) atoms. The summed E-state index contributed by atoms with van der Waals surface area (Å²) in [5.74, 6) is 0. The lowest BCUT2D eigenvalue weighted by Crippen LogP contribution is -2.33. The van der Waals surface area contributed by atoms with E-state index in [1.807, 2.05) is 18.3 Å². The van der Waals surface area contributed by atoms with E-state index in [2.05, 4.69) is 21.3 Å².